The van der Waals surface area contributed by atoms with Crippen LogP contribution in [0.2, 0.25) is 0 Å². The van der Waals surface area contributed by atoms with E-state index in [1.807, 2.05) is 11.3 Å². The molecule has 0 bridgehead atoms. The number of aromatic nitrogens is 3. The zero-order valence-electron chi connectivity index (χ0n) is 69.0. The van der Waals surface area contributed by atoms with Gasteiger partial charge in [0.1, 0.15) is 0 Å². The maximum Gasteiger partial charge on any atom is 0.0599 e. The van der Waals surface area contributed by atoms with Crippen LogP contribution in [-0.2, 0) is 54.1 Å². The van der Waals surface area contributed by atoms with Crippen molar-refractivity contribution in [3.8, 4) is 28.2 Å². The Bertz CT molecular complexity index is 5410. The number of nitrogens with zero attached hydrogens (tertiary/aromatic N) is 3. The predicted molar refractivity (Wildman–Crippen MR) is 461 cm³/mol. The maximum absolute atomic E-state index is 2.60. The van der Waals surface area contributed by atoms with Gasteiger partial charge in [0.25, 0.3) is 0 Å². The Labute approximate surface area is 628 Å². The first-order valence-electron chi connectivity index (χ1n) is 38.5. The molecule has 4 heteroatoms. The van der Waals surface area contributed by atoms with E-state index in [1.165, 1.54) is 169 Å². The Morgan fingerprint density at radius 3 is 0.942 bits per heavy atom. The lowest BCUT2D eigenvalue weighted by Gasteiger charge is -2.29. The number of hydrogen-bond acceptors (Lipinski definition) is 1. The Balaban J connectivity index is 0.000000185. The molecule has 104 heavy (non-hydrogen) atoms. The molecule has 0 saturated carbocycles. The molecule has 540 valence electrons. The van der Waals surface area contributed by atoms with Crippen molar-refractivity contribution in [2.24, 2.45) is 0 Å². The fourth-order valence-corrected chi connectivity index (χ4v) is 17.1. The fraction of sp³-hybridized carbons (Fsp3) is 0.400. The monoisotopic (exact) mass is 1390 g/mol. The van der Waals surface area contributed by atoms with Gasteiger partial charge in [-0.25, -0.2) is 0 Å². The van der Waals surface area contributed by atoms with Gasteiger partial charge < -0.3 is 13.7 Å². The van der Waals surface area contributed by atoms with Crippen molar-refractivity contribution in [3.63, 3.8) is 0 Å². The first-order chi connectivity index (χ1) is 47.9. The van der Waals surface area contributed by atoms with E-state index < -0.39 is 0 Å². The number of para-hydroxylation sites is 2. The van der Waals surface area contributed by atoms with Gasteiger partial charge in [-0.2, -0.15) is 0 Å². The third-order valence-corrected chi connectivity index (χ3v) is 23.4. The lowest BCUT2D eigenvalue weighted by Crippen LogP contribution is -2.19. The van der Waals surface area contributed by atoms with E-state index in [0.717, 1.165) is 0 Å². The van der Waals surface area contributed by atoms with Crippen LogP contribution in [0.5, 0.6) is 0 Å². The lowest BCUT2D eigenvalue weighted by atomic mass is 9.78. The van der Waals surface area contributed by atoms with Crippen LogP contribution in [0.4, 0.5) is 0 Å². The van der Waals surface area contributed by atoms with E-state index in [0.29, 0.717) is 0 Å². The smallest absolute Gasteiger partial charge is 0.0599 e. The van der Waals surface area contributed by atoms with Crippen molar-refractivity contribution < 1.29 is 0 Å². The van der Waals surface area contributed by atoms with Crippen LogP contribution < -0.4 is 0 Å². The molecule has 0 aliphatic heterocycles. The molecule has 4 heterocycles. The molecule has 0 fully saturated rings. The summed E-state index contributed by atoms with van der Waals surface area (Å²) in [6.45, 7) is 70.4. The van der Waals surface area contributed by atoms with E-state index in [1.54, 1.807) is 0 Å². The number of thiophene rings is 1. The van der Waals surface area contributed by atoms with Crippen molar-refractivity contribution in [1.82, 2.24) is 13.7 Å². The Hall–Kier alpha value is -8.18. The zero-order valence-corrected chi connectivity index (χ0v) is 69.8. The highest BCUT2D eigenvalue weighted by Gasteiger charge is 2.34. The van der Waals surface area contributed by atoms with Gasteiger partial charge in [-0.05, 0) is 200 Å². The molecule has 14 rings (SSSR count). The van der Waals surface area contributed by atoms with Crippen molar-refractivity contribution in [1.29, 1.82) is 0 Å². The van der Waals surface area contributed by atoms with Crippen molar-refractivity contribution >= 4 is 96.9 Å². The molecule has 0 radical (unpaired) electrons. The third-order valence-electron chi connectivity index (χ3n) is 22.3. The normalized spacial score (nSPS) is 13.7. The molecular formula is C100H119N3S. The van der Waals surface area contributed by atoms with Crippen LogP contribution in [0.15, 0.2) is 176 Å². The van der Waals surface area contributed by atoms with E-state index in [9.17, 15) is 0 Å². The summed E-state index contributed by atoms with van der Waals surface area (Å²) in [4.78, 5) is 0. The summed E-state index contributed by atoms with van der Waals surface area (Å²) in [6, 6.07) is 68.8. The quantitative estimate of drug-likeness (QED) is 0.167. The summed E-state index contributed by atoms with van der Waals surface area (Å²) in [5, 5.41) is 10.7. The highest BCUT2D eigenvalue weighted by molar-refractivity contribution is 7.26. The van der Waals surface area contributed by atoms with Crippen LogP contribution in [0.3, 0.4) is 0 Å². The molecule has 0 unspecified atom stereocenters. The first kappa shape index (κ1) is 74.1. The Morgan fingerprint density at radius 1 is 0.231 bits per heavy atom. The second-order valence-corrected chi connectivity index (χ2v) is 42.1. The molecule has 0 amide bonds. The predicted octanol–water partition coefficient (Wildman–Crippen LogP) is 29.7. The summed E-state index contributed by atoms with van der Waals surface area (Å²) >= 11 is 1.93. The highest BCUT2D eigenvalue weighted by Crippen LogP contribution is 2.52. The van der Waals surface area contributed by atoms with E-state index >= 15 is 0 Å². The van der Waals surface area contributed by atoms with Crippen LogP contribution >= 0.6 is 11.3 Å². The summed E-state index contributed by atoms with van der Waals surface area (Å²) in [5.74, 6) is 0. The van der Waals surface area contributed by atoms with Gasteiger partial charge in [0.05, 0.1) is 38.8 Å². The largest absolute Gasteiger partial charge is 0.309 e. The summed E-state index contributed by atoms with van der Waals surface area (Å²) in [7, 11) is 0. The molecule has 0 spiro atoms. The molecular weight excluding hydrogens is 1280 g/mol. The van der Waals surface area contributed by atoms with E-state index in [-0.39, 0.29) is 54.1 Å². The average molecular weight is 1400 g/mol. The van der Waals surface area contributed by atoms with Gasteiger partial charge in [0.15, 0.2) is 0 Å². The lowest BCUT2D eigenvalue weighted by molar-refractivity contribution is 0.567. The molecule has 10 aromatic carbocycles. The fourth-order valence-electron chi connectivity index (χ4n) is 16.0. The summed E-state index contributed by atoms with van der Waals surface area (Å²) in [6.07, 6.45) is 0. The van der Waals surface area contributed by atoms with E-state index in [4.69, 9.17) is 0 Å². The second-order valence-electron chi connectivity index (χ2n) is 41.0. The topological polar surface area (TPSA) is 14.8 Å². The van der Waals surface area contributed by atoms with Crippen LogP contribution in [0, 0.1) is 0 Å². The SMILES string of the molecule is CC(C)(C)c1cc(-c2cccc3sc4ccc(-n5c6ccc(C(C)(C)C)cc6c6cc(C(C)(C)C)ccc65)c(C(C)(C)C)c4c23)cc(C(C)(C)C)c1.CC(C)(C)c1cc(-n2c3ccccc3c3cc4c5ccccc5n(-c5cc(C(C)(C)C)cc(C(C)(C)C)c5)c4c(C(C)(C)C)c32)cc(C(C)(C)C)c1. The van der Waals surface area contributed by atoms with Gasteiger partial charge >= 0.3 is 0 Å². The number of rotatable bonds is 4. The maximum atomic E-state index is 2.60. The van der Waals surface area contributed by atoms with Crippen LogP contribution in [0.25, 0.3) is 114 Å². The number of benzene rings is 10. The second kappa shape index (κ2) is 24.7. The molecule has 3 nitrogen and oxygen atoms in total. The summed E-state index contributed by atoms with van der Waals surface area (Å²) in [5.41, 5.74) is 27.7. The van der Waals surface area contributed by atoms with Crippen molar-refractivity contribution in [3.05, 3.63) is 232 Å². The van der Waals surface area contributed by atoms with Crippen LogP contribution in [-0.4, -0.2) is 13.7 Å². The van der Waals surface area contributed by atoms with Gasteiger partial charge in [0, 0.05) is 69.4 Å². The summed E-state index contributed by atoms with van der Waals surface area (Å²) < 4.78 is 10.5. The van der Waals surface area contributed by atoms with Gasteiger partial charge in [-0.1, -0.05) is 299 Å². The minimum absolute atomic E-state index is 0.00412. The van der Waals surface area contributed by atoms with Crippen molar-refractivity contribution in [2.45, 2.75) is 262 Å². The molecule has 14 aromatic rings. The van der Waals surface area contributed by atoms with E-state index in [2.05, 4.69) is 397 Å². The third kappa shape index (κ3) is 13.3. The molecule has 0 atom stereocenters. The zero-order chi connectivity index (χ0) is 75.8. The molecule has 0 aliphatic carbocycles. The molecule has 0 N–H and O–H groups in total. The van der Waals surface area contributed by atoms with Gasteiger partial charge in [-0.3, -0.25) is 0 Å². The van der Waals surface area contributed by atoms with Crippen molar-refractivity contribution in [2.75, 3.05) is 0 Å². The van der Waals surface area contributed by atoms with Gasteiger partial charge in [-0.15, -0.1) is 11.3 Å². The Morgan fingerprint density at radius 2 is 0.577 bits per heavy atom. The average Bonchev–Trinajstić information content (AvgIpc) is 1.53. The molecule has 4 aromatic heterocycles. The van der Waals surface area contributed by atoms with Gasteiger partial charge in [0.2, 0.25) is 0 Å². The Kier molecular flexibility index (Phi) is 17.6. The number of fused-ring (bicyclic) bond motifs is 12. The standard InChI is InChI=1S/C50H60N2.C50H59NS/c1-46(2,3)31-24-32(47(4,5)6)27-35(26-31)51-41-22-18-16-20-37(41)39-30-40-38-21-17-19-23-42(38)52(45(40)43(44(39)51)50(13,14)15)36-28-33(48(7,8)9)25-34(29-36)49(10,11)12;1-46(2,3)31-19-21-38-36(28-31)37-29-32(47(4,5)6)20-22-39(37)51(38)40-23-24-42-44(45(40)50(13,14)15)43-35(17-16-18-41(43)52-42)30-25-33(48(7,8)9)27-34(26-30)49(10,11)12/h16-30H,1-15H3;16-29H,1-15H3. The number of hydrogen-bond donors (Lipinski definition) is 0. The minimum Gasteiger partial charge on any atom is -0.309 e. The highest BCUT2D eigenvalue weighted by atomic mass is 32.1. The molecule has 0 aliphatic rings. The first-order valence-corrected chi connectivity index (χ1v) is 39.3. The van der Waals surface area contributed by atoms with Crippen LogP contribution in [0.1, 0.15) is 263 Å². The molecule has 0 saturated heterocycles. The minimum atomic E-state index is -0.182.